The van der Waals surface area contributed by atoms with Gasteiger partial charge < -0.3 is 10.2 Å². The van der Waals surface area contributed by atoms with Gasteiger partial charge in [-0.1, -0.05) is 36.4 Å². The molecule has 0 radical (unpaired) electrons. The lowest BCUT2D eigenvalue weighted by molar-refractivity contribution is -0.137. The Bertz CT molecular complexity index is 752. The number of carbonyl (C=O) groups is 2. The van der Waals surface area contributed by atoms with Crippen molar-refractivity contribution < 1.29 is 9.59 Å². The van der Waals surface area contributed by atoms with Crippen LogP contribution in [-0.4, -0.2) is 40.3 Å². The van der Waals surface area contributed by atoms with Gasteiger partial charge in [0, 0.05) is 43.9 Å². The zero-order chi connectivity index (χ0) is 20.7. The molecule has 2 unspecified atom stereocenters. The molecule has 2 aromatic rings. The molecule has 0 saturated heterocycles. The summed E-state index contributed by atoms with van der Waals surface area (Å²) in [5.41, 5.74) is 1.88. The van der Waals surface area contributed by atoms with Crippen molar-refractivity contribution in [2.45, 2.75) is 58.5 Å². The van der Waals surface area contributed by atoms with Crippen LogP contribution in [0.1, 0.15) is 57.6 Å². The van der Waals surface area contributed by atoms with Crippen molar-refractivity contribution in [3.8, 4) is 0 Å². The van der Waals surface area contributed by atoms with E-state index in [-0.39, 0.29) is 29.8 Å². The number of benzene rings is 1. The van der Waals surface area contributed by atoms with E-state index in [0.29, 0.717) is 6.54 Å². The van der Waals surface area contributed by atoms with E-state index in [1.54, 1.807) is 12.4 Å². The van der Waals surface area contributed by atoms with E-state index in [9.17, 15) is 9.59 Å². The minimum atomic E-state index is -0.437. The van der Waals surface area contributed by atoms with Crippen molar-refractivity contribution in [3.05, 3.63) is 66.0 Å². The van der Waals surface area contributed by atoms with E-state index in [2.05, 4.69) is 10.3 Å². The normalized spacial score (nSPS) is 13.2. The van der Waals surface area contributed by atoms with Crippen molar-refractivity contribution in [2.75, 3.05) is 6.54 Å². The molecule has 5 nitrogen and oxygen atoms in total. The first-order chi connectivity index (χ1) is 13.3. The number of pyridine rings is 1. The quantitative estimate of drug-likeness (QED) is 0.758. The topological polar surface area (TPSA) is 62.3 Å². The van der Waals surface area contributed by atoms with Gasteiger partial charge in [-0.05, 0) is 44.9 Å². The van der Waals surface area contributed by atoms with Crippen LogP contribution in [0.25, 0.3) is 0 Å². The van der Waals surface area contributed by atoms with Crippen LogP contribution in [-0.2, 0) is 9.59 Å². The van der Waals surface area contributed by atoms with Gasteiger partial charge in [0.1, 0.15) is 0 Å². The molecule has 0 aliphatic carbocycles. The second kappa shape index (κ2) is 10.0. The summed E-state index contributed by atoms with van der Waals surface area (Å²) in [6, 6.07) is 13.8. The molecule has 2 amide bonds. The third kappa shape index (κ3) is 5.41. The highest BCUT2D eigenvalue weighted by atomic mass is 16.2. The van der Waals surface area contributed by atoms with Gasteiger partial charge in [0.2, 0.25) is 11.8 Å². The van der Waals surface area contributed by atoms with Crippen molar-refractivity contribution in [3.63, 3.8) is 0 Å². The fourth-order valence-corrected chi connectivity index (χ4v) is 3.75. The van der Waals surface area contributed by atoms with Gasteiger partial charge >= 0.3 is 0 Å². The molecule has 1 N–H and O–H groups in total. The van der Waals surface area contributed by atoms with Gasteiger partial charge in [0.15, 0.2) is 0 Å². The molecule has 0 spiro atoms. The van der Waals surface area contributed by atoms with Crippen molar-refractivity contribution in [2.24, 2.45) is 0 Å². The standard InChI is InChI=1S/C23H31N3O2/c1-16(2)26(17(3)4)23(28)22(20-12-9-13-24-14-20)21(15-25-18(5)27)19-10-7-6-8-11-19/h6-14,16-17,21-22H,15H2,1-5H3,(H,25,27). The maximum Gasteiger partial charge on any atom is 0.231 e. The van der Waals surface area contributed by atoms with Crippen molar-refractivity contribution >= 4 is 11.8 Å². The third-order valence-electron chi connectivity index (χ3n) is 4.88. The van der Waals surface area contributed by atoms with Gasteiger partial charge in [0.05, 0.1) is 5.92 Å². The highest BCUT2D eigenvalue weighted by molar-refractivity contribution is 5.85. The molecular weight excluding hydrogens is 350 g/mol. The molecule has 0 aliphatic rings. The van der Waals surface area contributed by atoms with Crippen LogP contribution in [0.15, 0.2) is 54.9 Å². The van der Waals surface area contributed by atoms with Crippen molar-refractivity contribution in [1.29, 1.82) is 0 Å². The molecule has 2 rings (SSSR count). The average molecular weight is 382 g/mol. The van der Waals surface area contributed by atoms with Crippen LogP contribution in [0, 0.1) is 0 Å². The number of hydrogen-bond acceptors (Lipinski definition) is 3. The fourth-order valence-electron chi connectivity index (χ4n) is 3.75. The fraction of sp³-hybridized carbons (Fsp3) is 0.435. The van der Waals surface area contributed by atoms with Crippen LogP contribution in [0.5, 0.6) is 0 Å². The number of hydrogen-bond donors (Lipinski definition) is 1. The van der Waals surface area contributed by atoms with Crippen molar-refractivity contribution in [1.82, 2.24) is 15.2 Å². The molecule has 2 atom stereocenters. The first-order valence-electron chi connectivity index (χ1n) is 9.84. The SMILES string of the molecule is CC(=O)NCC(c1ccccc1)C(C(=O)N(C(C)C)C(C)C)c1cccnc1. The van der Waals surface area contributed by atoms with Gasteiger partial charge in [-0.15, -0.1) is 0 Å². The van der Waals surface area contributed by atoms with Gasteiger partial charge in [-0.2, -0.15) is 0 Å². The summed E-state index contributed by atoms with van der Waals surface area (Å²) in [7, 11) is 0. The lowest BCUT2D eigenvalue weighted by atomic mass is 9.80. The first-order valence-corrected chi connectivity index (χ1v) is 9.84. The van der Waals surface area contributed by atoms with E-state index < -0.39 is 5.92 Å². The van der Waals surface area contributed by atoms with Crippen LogP contribution < -0.4 is 5.32 Å². The van der Waals surface area contributed by atoms with Gasteiger partial charge in [-0.25, -0.2) is 0 Å². The lowest BCUT2D eigenvalue weighted by Crippen LogP contribution is -2.46. The zero-order valence-electron chi connectivity index (χ0n) is 17.4. The lowest BCUT2D eigenvalue weighted by Gasteiger charge is -2.37. The second-order valence-electron chi connectivity index (χ2n) is 7.65. The Labute approximate surface area is 168 Å². The number of amides is 2. The minimum Gasteiger partial charge on any atom is -0.356 e. The zero-order valence-corrected chi connectivity index (χ0v) is 17.4. The number of carbonyl (C=O) groups excluding carboxylic acids is 2. The number of nitrogens with one attached hydrogen (secondary N) is 1. The summed E-state index contributed by atoms with van der Waals surface area (Å²) in [5, 5.41) is 2.92. The molecule has 0 bridgehead atoms. The molecule has 0 aliphatic heterocycles. The molecule has 5 heteroatoms. The molecule has 150 valence electrons. The summed E-state index contributed by atoms with van der Waals surface area (Å²) in [6.07, 6.45) is 3.46. The van der Waals surface area contributed by atoms with Crippen LogP contribution in [0.2, 0.25) is 0 Å². The van der Waals surface area contributed by atoms with Crippen LogP contribution in [0.3, 0.4) is 0 Å². The maximum atomic E-state index is 13.8. The molecule has 0 saturated carbocycles. The average Bonchev–Trinajstić information content (AvgIpc) is 2.65. The maximum absolute atomic E-state index is 13.8. The molecule has 1 aromatic heterocycles. The van der Waals surface area contributed by atoms with E-state index >= 15 is 0 Å². The third-order valence-corrected chi connectivity index (χ3v) is 4.88. The predicted molar refractivity (Wildman–Crippen MR) is 112 cm³/mol. The van der Waals surface area contributed by atoms with E-state index in [1.807, 2.05) is 75.1 Å². The number of nitrogens with zero attached hydrogens (tertiary/aromatic N) is 2. The van der Waals surface area contributed by atoms with Crippen LogP contribution in [0.4, 0.5) is 0 Å². The molecule has 1 aromatic carbocycles. The number of aromatic nitrogens is 1. The van der Waals surface area contributed by atoms with E-state index in [1.165, 1.54) is 6.92 Å². The smallest absolute Gasteiger partial charge is 0.231 e. The Hall–Kier alpha value is -2.69. The highest BCUT2D eigenvalue weighted by Gasteiger charge is 2.36. The Kier molecular flexibility index (Phi) is 7.73. The summed E-state index contributed by atoms with van der Waals surface area (Å²) < 4.78 is 0. The van der Waals surface area contributed by atoms with E-state index in [0.717, 1.165) is 11.1 Å². The molecule has 0 fully saturated rings. The number of rotatable bonds is 8. The summed E-state index contributed by atoms with van der Waals surface area (Å²) in [6.45, 7) is 10.0. The monoisotopic (exact) mass is 381 g/mol. The first kappa shape index (κ1) is 21.6. The van der Waals surface area contributed by atoms with E-state index in [4.69, 9.17) is 0 Å². The highest BCUT2D eigenvalue weighted by Crippen LogP contribution is 2.35. The van der Waals surface area contributed by atoms with Gasteiger partial charge in [-0.3, -0.25) is 14.6 Å². The predicted octanol–water partition coefficient (Wildman–Crippen LogP) is 3.73. The molecule has 1 heterocycles. The summed E-state index contributed by atoms with van der Waals surface area (Å²) in [4.78, 5) is 31.6. The second-order valence-corrected chi connectivity index (χ2v) is 7.65. The molecular formula is C23H31N3O2. The van der Waals surface area contributed by atoms with Crippen LogP contribution >= 0.6 is 0 Å². The minimum absolute atomic E-state index is 0.0530. The molecule has 28 heavy (non-hydrogen) atoms. The Morgan fingerprint density at radius 2 is 1.57 bits per heavy atom. The van der Waals surface area contributed by atoms with Gasteiger partial charge in [0.25, 0.3) is 0 Å². The Balaban J connectivity index is 2.56. The largest absolute Gasteiger partial charge is 0.356 e. The summed E-state index contributed by atoms with van der Waals surface area (Å²) in [5.74, 6) is -0.686. The summed E-state index contributed by atoms with van der Waals surface area (Å²) >= 11 is 0. The Morgan fingerprint density at radius 3 is 2.07 bits per heavy atom. The Morgan fingerprint density at radius 1 is 0.964 bits per heavy atom.